The fourth-order valence-corrected chi connectivity index (χ4v) is 5.84. The molecule has 0 saturated carbocycles. The van der Waals surface area contributed by atoms with Crippen LogP contribution >= 0.6 is 0 Å². The molecule has 6 nitrogen and oxygen atoms in total. The summed E-state index contributed by atoms with van der Waals surface area (Å²) in [5.74, 6) is 0.628. The lowest BCUT2D eigenvalue weighted by Gasteiger charge is -2.33. The van der Waals surface area contributed by atoms with Gasteiger partial charge in [-0.1, -0.05) is 24.3 Å². The molecule has 0 radical (unpaired) electrons. The predicted octanol–water partition coefficient (Wildman–Crippen LogP) is 3.78. The lowest BCUT2D eigenvalue weighted by atomic mass is 9.82. The normalized spacial score (nSPS) is 19.4. The average molecular weight is 458 g/mol. The summed E-state index contributed by atoms with van der Waals surface area (Å²) in [6.45, 7) is 10.4. The summed E-state index contributed by atoms with van der Waals surface area (Å²) >= 11 is 0. The van der Waals surface area contributed by atoms with Gasteiger partial charge in [-0.05, 0) is 62.3 Å². The smallest absolute Gasteiger partial charge is 0.237 e. The Bertz CT molecular complexity index is 1300. The van der Waals surface area contributed by atoms with Crippen molar-refractivity contribution in [2.24, 2.45) is 0 Å². The van der Waals surface area contributed by atoms with Gasteiger partial charge in [0.25, 0.3) is 0 Å². The highest BCUT2D eigenvalue weighted by atomic mass is 16.3. The molecule has 3 aliphatic rings. The minimum absolute atomic E-state index is 0.406. The van der Waals surface area contributed by atoms with Crippen LogP contribution in [0.4, 0.5) is 0 Å². The van der Waals surface area contributed by atoms with E-state index in [2.05, 4.69) is 21.7 Å². The molecular weight excluding hydrogens is 426 g/mol. The first-order valence-corrected chi connectivity index (χ1v) is 12.4. The van der Waals surface area contributed by atoms with Gasteiger partial charge in [0.05, 0.1) is 12.1 Å². The van der Waals surface area contributed by atoms with Gasteiger partial charge in [-0.25, -0.2) is 0 Å². The number of hydrogen-bond donors (Lipinski definition) is 0. The second-order valence-corrected chi connectivity index (χ2v) is 10.0. The van der Waals surface area contributed by atoms with Crippen LogP contribution in [0.15, 0.2) is 34.7 Å². The van der Waals surface area contributed by atoms with E-state index in [0.29, 0.717) is 23.4 Å². The van der Waals surface area contributed by atoms with Crippen LogP contribution in [-0.4, -0.2) is 79.1 Å². The summed E-state index contributed by atoms with van der Waals surface area (Å²) < 4.78 is 6.36. The summed E-state index contributed by atoms with van der Waals surface area (Å²) in [5, 5.41) is 1.84. The van der Waals surface area contributed by atoms with Gasteiger partial charge in [0.2, 0.25) is 11.6 Å². The number of nitrogens with zero attached hydrogens (tertiary/aromatic N) is 3. The van der Waals surface area contributed by atoms with Crippen LogP contribution in [0.5, 0.6) is 0 Å². The number of furan rings is 1. The molecule has 1 aromatic heterocycles. The van der Waals surface area contributed by atoms with Gasteiger partial charge < -0.3 is 14.2 Å². The summed E-state index contributed by atoms with van der Waals surface area (Å²) in [4.78, 5) is 33.9. The maximum absolute atomic E-state index is 13.3. The van der Waals surface area contributed by atoms with Crippen molar-refractivity contribution >= 4 is 22.3 Å². The minimum atomic E-state index is -0.412. The van der Waals surface area contributed by atoms with Gasteiger partial charge in [0, 0.05) is 49.4 Å². The monoisotopic (exact) mass is 457 g/mol. The van der Waals surface area contributed by atoms with Crippen LogP contribution in [0, 0.1) is 6.92 Å². The summed E-state index contributed by atoms with van der Waals surface area (Å²) in [7, 11) is 2.19. The van der Waals surface area contributed by atoms with E-state index in [-0.39, 0.29) is 0 Å². The lowest BCUT2D eigenvalue weighted by molar-refractivity contribution is 0.0815. The molecule has 0 bridgehead atoms. The molecule has 0 amide bonds. The zero-order valence-corrected chi connectivity index (χ0v) is 20.0. The highest BCUT2D eigenvalue weighted by Gasteiger charge is 2.39. The quantitative estimate of drug-likeness (QED) is 0.556. The fraction of sp³-hybridized carbons (Fsp3) is 0.429. The Morgan fingerprint density at radius 3 is 2.44 bits per heavy atom. The number of rotatable bonds is 4. The second kappa shape index (κ2) is 8.45. The van der Waals surface area contributed by atoms with Crippen molar-refractivity contribution in [2.75, 3.05) is 52.9 Å². The molecule has 2 aliphatic heterocycles. The molecule has 6 heteroatoms. The Balaban J connectivity index is 1.25. The number of piperazine rings is 1. The van der Waals surface area contributed by atoms with Crippen molar-refractivity contribution < 1.29 is 14.0 Å². The number of likely N-dealkylation sites (N-methyl/N-ethyl adjacent to an activating group) is 1. The van der Waals surface area contributed by atoms with Crippen molar-refractivity contribution in [1.82, 2.24) is 14.7 Å². The van der Waals surface area contributed by atoms with Gasteiger partial charge in [-0.3, -0.25) is 14.5 Å². The van der Waals surface area contributed by atoms with Crippen LogP contribution in [0.3, 0.4) is 0 Å². The van der Waals surface area contributed by atoms with Gasteiger partial charge in [-0.15, -0.1) is 0 Å². The molecule has 3 aromatic rings. The van der Waals surface area contributed by atoms with Crippen LogP contribution in [-0.2, 0) is 13.0 Å². The molecule has 3 heterocycles. The summed E-state index contributed by atoms with van der Waals surface area (Å²) in [6, 6.07) is 9.90. The molecular formula is C28H31N3O3. The van der Waals surface area contributed by atoms with Crippen LogP contribution in [0.2, 0.25) is 0 Å². The number of benzene rings is 2. The van der Waals surface area contributed by atoms with E-state index >= 15 is 0 Å². The summed E-state index contributed by atoms with van der Waals surface area (Å²) in [6.07, 6.45) is 1.88. The van der Waals surface area contributed by atoms with Crippen molar-refractivity contribution in [2.45, 2.75) is 26.3 Å². The number of Topliss-reactive ketones (excluding diaryl/α,β-unsaturated/α-hetero) is 2. The largest absolute Gasteiger partial charge is 0.459 e. The average Bonchev–Trinajstić information content (AvgIpc) is 3.22. The van der Waals surface area contributed by atoms with Gasteiger partial charge in [0.1, 0.15) is 11.5 Å². The molecule has 0 atom stereocenters. The van der Waals surface area contributed by atoms with E-state index in [4.69, 9.17) is 4.42 Å². The fourth-order valence-electron chi connectivity index (χ4n) is 5.84. The Hall–Kier alpha value is -2.80. The highest BCUT2D eigenvalue weighted by Crippen LogP contribution is 2.43. The van der Waals surface area contributed by atoms with Crippen LogP contribution < -0.4 is 0 Å². The topological polar surface area (TPSA) is 57.0 Å². The van der Waals surface area contributed by atoms with Gasteiger partial charge in [0.15, 0.2) is 0 Å². The molecule has 176 valence electrons. The second-order valence-electron chi connectivity index (χ2n) is 10.0. The lowest BCUT2D eigenvalue weighted by Crippen LogP contribution is -2.45. The predicted molar refractivity (Wildman–Crippen MR) is 133 cm³/mol. The van der Waals surface area contributed by atoms with E-state index in [1.54, 1.807) is 0 Å². The van der Waals surface area contributed by atoms with Crippen molar-refractivity contribution in [3.05, 3.63) is 58.3 Å². The van der Waals surface area contributed by atoms with Crippen LogP contribution in [0.1, 0.15) is 44.0 Å². The third-order valence-electron chi connectivity index (χ3n) is 7.86. The number of hydrogen-bond acceptors (Lipinski definition) is 6. The molecule has 2 aromatic carbocycles. The van der Waals surface area contributed by atoms with E-state index in [1.807, 2.05) is 37.3 Å². The SMILES string of the molecule is Cc1cccc2c3c(ccc12)-c1oc2c(c1C(=O)C3=O)CCN(CCCN1CCN(C)CC1)C2. The zero-order valence-electron chi connectivity index (χ0n) is 20.0. The van der Waals surface area contributed by atoms with E-state index in [0.717, 1.165) is 91.9 Å². The number of ketones is 2. The Morgan fingerprint density at radius 2 is 1.62 bits per heavy atom. The van der Waals surface area contributed by atoms with E-state index in [9.17, 15) is 9.59 Å². The Morgan fingerprint density at radius 1 is 0.853 bits per heavy atom. The Kier molecular flexibility index (Phi) is 5.40. The number of carbonyl (C=O) groups is 2. The molecule has 0 unspecified atom stereocenters. The van der Waals surface area contributed by atoms with Crippen molar-refractivity contribution in [3.8, 4) is 11.3 Å². The third-order valence-corrected chi connectivity index (χ3v) is 7.86. The number of fused-ring (bicyclic) bond motifs is 7. The van der Waals surface area contributed by atoms with Crippen molar-refractivity contribution in [3.63, 3.8) is 0 Å². The molecule has 0 spiro atoms. The summed E-state index contributed by atoms with van der Waals surface area (Å²) in [5.41, 5.74) is 3.80. The van der Waals surface area contributed by atoms with Gasteiger partial charge >= 0.3 is 0 Å². The van der Waals surface area contributed by atoms with Crippen LogP contribution in [0.25, 0.3) is 22.1 Å². The highest BCUT2D eigenvalue weighted by molar-refractivity contribution is 6.54. The molecule has 34 heavy (non-hydrogen) atoms. The maximum Gasteiger partial charge on any atom is 0.237 e. The number of carbonyl (C=O) groups excluding carboxylic acids is 2. The minimum Gasteiger partial charge on any atom is -0.459 e. The van der Waals surface area contributed by atoms with Gasteiger partial charge in [-0.2, -0.15) is 0 Å². The first-order chi connectivity index (χ1) is 16.5. The van der Waals surface area contributed by atoms with E-state index < -0.39 is 11.6 Å². The number of aryl methyl sites for hydroxylation is 1. The van der Waals surface area contributed by atoms with Crippen molar-refractivity contribution in [1.29, 1.82) is 0 Å². The van der Waals surface area contributed by atoms with E-state index in [1.165, 1.54) is 0 Å². The molecule has 0 N–H and O–H groups in total. The molecule has 6 rings (SSSR count). The first-order valence-electron chi connectivity index (χ1n) is 12.4. The molecule has 1 aliphatic carbocycles. The Labute approximate surface area is 200 Å². The maximum atomic E-state index is 13.3. The third kappa shape index (κ3) is 3.52. The zero-order chi connectivity index (χ0) is 23.4. The first kappa shape index (κ1) is 21.7. The molecule has 1 saturated heterocycles. The molecule has 1 fully saturated rings. The standard InChI is InChI=1S/C28H31N3O3/c1-18-5-3-6-20-19(18)7-8-22-24(20)26(32)27(33)25-21-9-12-31(17-23(21)34-28(22)25)11-4-10-30-15-13-29(2)14-16-30/h3,5-8H,4,9-17H2,1-2H3.